The molecule has 1 heterocycles. The molecule has 0 unspecified atom stereocenters. The molecule has 0 aliphatic heterocycles. The third kappa shape index (κ3) is 2.99. The molecule has 7 heteroatoms. The molecule has 0 atom stereocenters. The van der Waals surface area contributed by atoms with Crippen molar-refractivity contribution in [3.63, 3.8) is 0 Å². The molecule has 20 heavy (non-hydrogen) atoms. The number of nitrogens with zero attached hydrogens (tertiary/aromatic N) is 1. The SMILES string of the molecule is CCCN(c1cccc(N)c1)S(=O)(=O)c1sccc1Br. The first-order valence-corrected chi connectivity index (χ1v) is 9.19. The highest BCUT2D eigenvalue weighted by molar-refractivity contribution is 9.10. The van der Waals surface area contributed by atoms with Gasteiger partial charge in [-0.3, -0.25) is 4.31 Å². The summed E-state index contributed by atoms with van der Waals surface area (Å²) in [4.78, 5) is 0. The molecule has 0 aliphatic rings. The second-order valence-corrected chi connectivity index (χ2v) is 8.06. The van der Waals surface area contributed by atoms with Crippen molar-refractivity contribution in [2.75, 3.05) is 16.6 Å². The van der Waals surface area contributed by atoms with Gasteiger partial charge >= 0.3 is 0 Å². The van der Waals surface area contributed by atoms with Gasteiger partial charge in [-0.1, -0.05) is 13.0 Å². The van der Waals surface area contributed by atoms with E-state index < -0.39 is 10.0 Å². The van der Waals surface area contributed by atoms with E-state index in [0.717, 1.165) is 6.42 Å². The highest BCUT2D eigenvalue weighted by Gasteiger charge is 2.27. The Morgan fingerprint density at radius 1 is 1.35 bits per heavy atom. The molecule has 4 nitrogen and oxygen atoms in total. The van der Waals surface area contributed by atoms with Crippen LogP contribution in [-0.4, -0.2) is 15.0 Å². The lowest BCUT2D eigenvalue weighted by Crippen LogP contribution is -2.31. The minimum atomic E-state index is -3.57. The number of nitrogens with two attached hydrogens (primary N) is 1. The molecular formula is C13H15BrN2O2S2. The Kier molecular flexibility index (Phi) is 4.72. The smallest absolute Gasteiger partial charge is 0.274 e. The number of thiophene rings is 1. The average Bonchev–Trinajstić information content (AvgIpc) is 2.82. The predicted molar refractivity (Wildman–Crippen MR) is 87.7 cm³/mol. The average molecular weight is 375 g/mol. The monoisotopic (exact) mass is 374 g/mol. The Balaban J connectivity index is 2.51. The van der Waals surface area contributed by atoms with Crippen LogP contribution < -0.4 is 10.0 Å². The van der Waals surface area contributed by atoms with Crippen molar-refractivity contribution in [3.05, 3.63) is 40.2 Å². The Hall–Kier alpha value is -1.05. The number of benzene rings is 1. The van der Waals surface area contributed by atoms with E-state index in [4.69, 9.17) is 5.73 Å². The summed E-state index contributed by atoms with van der Waals surface area (Å²) in [5.74, 6) is 0. The second-order valence-electron chi connectivity index (χ2n) is 4.23. The van der Waals surface area contributed by atoms with Gasteiger partial charge in [-0.15, -0.1) is 11.3 Å². The van der Waals surface area contributed by atoms with Crippen LogP contribution in [0.3, 0.4) is 0 Å². The minimum absolute atomic E-state index is 0.313. The van der Waals surface area contributed by atoms with Crippen LogP contribution in [0.2, 0.25) is 0 Å². The lowest BCUT2D eigenvalue weighted by molar-refractivity contribution is 0.592. The van der Waals surface area contributed by atoms with Gasteiger partial charge in [-0.2, -0.15) is 0 Å². The lowest BCUT2D eigenvalue weighted by atomic mass is 10.3. The summed E-state index contributed by atoms with van der Waals surface area (Å²) in [5, 5.41) is 1.75. The minimum Gasteiger partial charge on any atom is -0.399 e. The first kappa shape index (κ1) is 15.3. The molecule has 0 saturated carbocycles. The standard InChI is InChI=1S/C13H15BrN2O2S2/c1-2-7-16(11-5-3-4-10(15)9-11)20(17,18)13-12(14)6-8-19-13/h3-6,8-9H,2,7,15H2,1H3. The molecule has 0 spiro atoms. The summed E-state index contributed by atoms with van der Waals surface area (Å²) in [5.41, 5.74) is 6.89. The molecule has 1 aromatic heterocycles. The zero-order valence-corrected chi connectivity index (χ0v) is 14.1. The van der Waals surface area contributed by atoms with Crippen molar-refractivity contribution in [3.8, 4) is 0 Å². The van der Waals surface area contributed by atoms with E-state index in [1.807, 2.05) is 6.92 Å². The summed E-state index contributed by atoms with van der Waals surface area (Å²) >= 11 is 4.49. The highest BCUT2D eigenvalue weighted by Crippen LogP contribution is 2.33. The summed E-state index contributed by atoms with van der Waals surface area (Å²) in [6.07, 6.45) is 0.719. The molecular weight excluding hydrogens is 360 g/mol. The highest BCUT2D eigenvalue weighted by atomic mass is 79.9. The fraction of sp³-hybridized carbons (Fsp3) is 0.231. The second kappa shape index (κ2) is 6.15. The van der Waals surface area contributed by atoms with Crippen molar-refractivity contribution in [1.29, 1.82) is 0 Å². The van der Waals surface area contributed by atoms with E-state index in [-0.39, 0.29) is 0 Å². The molecule has 0 saturated heterocycles. The third-order valence-electron chi connectivity index (χ3n) is 2.69. The summed E-state index contributed by atoms with van der Waals surface area (Å²) in [7, 11) is -3.57. The lowest BCUT2D eigenvalue weighted by Gasteiger charge is -2.23. The molecule has 108 valence electrons. The van der Waals surface area contributed by atoms with Gasteiger partial charge in [0.1, 0.15) is 0 Å². The first-order valence-electron chi connectivity index (χ1n) is 6.08. The van der Waals surface area contributed by atoms with Gasteiger partial charge in [-0.05, 0) is 52.0 Å². The molecule has 2 aromatic rings. The van der Waals surface area contributed by atoms with Gasteiger partial charge in [0.25, 0.3) is 10.0 Å². The van der Waals surface area contributed by atoms with Crippen LogP contribution in [0.5, 0.6) is 0 Å². The number of nitrogen functional groups attached to an aromatic ring is 1. The van der Waals surface area contributed by atoms with Crippen molar-refractivity contribution in [2.24, 2.45) is 0 Å². The van der Waals surface area contributed by atoms with Crippen molar-refractivity contribution in [2.45, 2.75) is 17.6 Å². The number of sulfonamides is 1. The Morgan fingerprint density at radius 3 is 2.65 bits per heavy atom. The van der Waals surface area contributed by atoms with Gasteiger partial charge in [-0.25, -0.2) is 8.42 Å². The van der Waals surface area contributed by atoms with Crippen molar-refractivity contribution < 1.29 is 8.42 Å². The van der Waals surface area contributed by atoms with Crippen LogP contribution in [0.4, 0.5) is 11.4 Å². The van der Waals surface area contributed by atoms with Crippen LogP contribution in [-0.2, 0) is 10.0 Å². The van der Waals surface area contributed by atoms with Crippen LogP contribution in [0, 0.1) is 0 Å². The van der Waals surface area contributed by atoms with Crippen LogP contribution in [0.25, 0.3) is 0 Å². The van der Waals surface area contributed by atoms with Crippen LogP contribution in [0.15, 0.2) is 44.4 Å². The van der Waals surface area contributed by atoms with Crippen LogP contribution in [0.1, 0.15) is 13.3 Å². The van der Waals surface area contributed by atoms with Crippen molar-refractivity contribution >= 4 is 48.7 Å². The molecule has 0 aliphatic carbocycles. The van der Waals surface area contributed by atoms with E-state index in [9.17, 15) is 8.42 Å². The summed E-state index contributed by atoms with van der Waals surface area (Å²) < 4.78 is 27.9. The number of anilines is 2. The van der Waals surface area contributed by atoms with Gasteiger partial charge < -0.3 is 5.73 Å². The first-order chi connectivity index (χ1) is 9.46. The Labute approximate surface area is 131 Å². The summed E-state index contributed by atoms with van der Waals surface area (Å²) in [6.45, 7) is 2.36. The molecule has 1 aromatic carbocycles. The largest absolute Gasteiger partial charge is 0.399 e. The van der Waals surface area contributed by atoms with Gasteiger partial charge in [0, 0.05) is 16.7 Å². The molecule has 0 radical (unpaired) electrons. The van der Waals surface area contributed by atoms with E-state index in [0.29, 0.717) is 26.6 Å². The Morgan fingerprint density at radius 2 is 2.10 bits per heavy atom. The van der Waals surface area contributed by atoms with E-state index in [1.54, 1.807) is 35.7 Å². The number of hydrogen-bond acceptors (Lipinski definition) is 4. The topological polar surface area (TPSA) is 63.4 Å². The maximum Gasteiger partial charge on any atom is 0.274 e. The fourth-order valence-corrected chi connectivity index (χ4v) is 5.80. The van der Waals surface area contributed by atoms with Crippen LogP contribution >= 0.6 is 27.3 Å². The fourth-order valence-electron chi connectivity index (χ4n) is 1.84. The van der Waals surface area contributed by atoms with Crippen molar-refractivity contribution in [1.82, 2.24) is 0 Å². The van der Waals surface area contributed by atoms with E-state index in [2.05, 4.69) is 15.9 Å². The van der Waals surface area contributed by atoms with Gasteiger partial charge in [0.05, 0.1) is 5.69 Å². The summed E-state index contributed by atoms with van der Waals surface area (Å²) in [6, 6.07) is 8.66. The zero-order valence-electron chi connectivity index (χ0n) is 10.9. The molecule has 2 rings (SSSR count). The molecule has 0 fully saturated rings. The zero-order chi connectivity index (χ0) is 14.8. The maximum absolute atomic E-state index is 12.8. The van der Waals surface area contributed by atoms with Gasteiger partial charge in [0.2, 0.25) is 0 Å². The van der Waals surface area contributed by atoms with E-state index in [1.165, 1.54) is 15.6 Å². The number of rotatable bonds is 5. The predicted octanol–water partition coefficient (Wildman–Crippen LogP) is 3.70. The molecule has 0 amide bonds. The third-order valence-corrected chi connectivity index (χ3v) is 7.17. The van der Waals surface area contributed by atoms with Gasteiger partial charge in [0.15, 0.2) is 4.21 Å². The number of halogens is 1. The normalized spacial score (nSPS) is 11.5. The quantitative estimate of drug-likeness (QED) is 0.811. The molecule has 2 N–H and O–H groups in total. The van der Waals surface area contributed by atoms with E-state index >= 15 is 0 Å². The maximum atomic E-state index is 12.8. The Bertz CT molecular complexity index is 698. The number of hydrogen-bond donors (Lipinski definition) is 1. The molecule has 0 bridgehead atoms.